The van der Waals surface area contributed by atoms with Gasteiger partial charge in [-0.15, -0.1) is 0 Å². The summed E-state index contributed by atoms with van der Waals surface area (Å²) in [6, 6.07) is 4.75. The van der Waals surface area contributed by atoms with Gasteiger partial charge in [-0.3, -0.25) is 10.1 Å². The number of benzene rings is 1. The van der Waals surface area contributed by atoms with Gasteiger partial charge in [-0.05, 0) is 24.8 Å². The molecule has 0 aromatic heterocycles. The first-order valence-electron chi connectivity index (χ1n) is 6.40. The minimum Gasteiger partial charge on any atom is -0.397 e. The fraction of sp³-hybridized carbons (Fsp3) is 0.538. The Morgan fingerprint density at radius 3 is 2.94 bits per heavy atom. The lowest BCUT2D eigenvalue weighted by molar-refractivity contribution is -0.384. The van der Waals surface area contributed by atoms with Gasteiger partial charge in [-0.2, -0.15) is 0 Å². The molecule has 5 nitrogen and oxygen atoms in total. The van der Waals surface area contributed by atoms with Crippen molar-refractivity contribution in [3.63, 3.8) is 0 Å². The molecule has 1 aromatic rings. The molecule has 0 spiro atoms. The second-order valence-corrected chi connectivity index (χ2v) is 4.86. The lowest BCUT2D eigenvalue weighted by Crippen LogP contribution is -2.35. The predicted octanol–water partition coefficient (Wildman–Crippen LogP) is 2.80. The lowest BCUT2D eigenvalue weighted by atomic mass is 9.95. The minimum atomic E-state index is -0.412. The molecular formula is C13H19N3O2. The third-order valence-corrected chi connectivity index (χ3v) is 3.66. The van der Waals surface area contributed by atoms with Crippen molar-refractivity contribution in [2.45, 2.75) is 26.2 Å². The van der Waals surface area contributed by atoms with Crippen molar-refractivity contribution in [1.29, 1.82) is 0 Å². The van der Waals surface area contributed by atoms with Crippen LogP contribution in [0.5, 0.6) is 0 Å². The van der Waals surface area contributed by atoms with Crippen molar-refractivity contribution in [1.82, 2.24) is 0 Å². The first-order chi connectivity index (χ1) is 8.61. The van der Waals surface area contributed by atoms with Crippen LogP contribution in [0.25, 0.3) is 0 Å². The van der Waals surface area contributed by atoms with E-state index in [1.165, 1.54) is 25.0 Å². The van der Waals surface area contributed by atoms with Gasteiger partial charge in [0.05, 0.1) is 16.3 Å². The number of rotatable bonds is 3. The molecule has 98 valence electrons. The maximum atomic E-state index is 10.7. The number of nitrogen functional groups attached to an aromatic ring is 1. The van der Waals surface area contributed by atoms with Crippen molar-refractivity contribution in [3.05, 3.63) is 28.3 Å². The average Bonchev–Trinajstić information content (AvgIpc) is 2.38. The number of anilines is 2. The molecule has 0 radical (unpaired) electrons. The number of hydrogen-bond acceptors (Lipinski definition) is 4. The number of piperidine rings is 1. The lowest BCUT2D eigenvalue weighted by Gasteiger charge is -2.34. The van der Waals surface area contributed by atoms with Gasteiger partial charge < -0.3 is 10.6 Å². The molecule has 0 bridgehead atoms. The zero-order valence-electron chi connectivity index (χ0n) is 10.6. The number of non-ortho nitro benzene ring substituents is 1. The fourth-order valence-electron chi connectivity index (χ4n) is 2.56. The van der Waals surface area contributed by atoms with Gasteiger partial charge in [-0.25, -0.2) is 0 Å². The molecule has 1 fully saturated rings. The number of nitro groups is 1. The molecule has 1 unspecified atom stereocenters. The van der Waals surface area contributed by atoms with Crippen molar-refractivity contribution >= 4 is 17.1 Å². The molecule has 1 heterocycles. The predicted molar refractivity (Wildman–Crippen MR) is 72.7 cm³/mol. The van der Waals surface area contributed by atoms with Gasteiger partial charge in [0.25, 0.3) is 5.69 Å². The third-order valence-electron chi connectivity index (χ3n) is 3.66. The van der Waals surface area contributed by atoms with Gasteiger partial charge in [0, 0.05) is 25.2 Å². The van der Waals surface area contributed by atoms with E-state index in [1.54, 1.807) is 6.07 Å². The highest BCUT2D eigenvalue weighted by molar-refractivity contribution is 5.70. The van der Waals surface area contributed by atoms with Crippen molar-refractivity contribution < 1.29 is 4.92 Å². The van der Waals surface area contributed by atoms with Crippen LogP contribution < -0.4 is 10.6 Å². The summed E-state index contributed by atoms with van der Waals surface area (Å²) in [6.45, 7) is 4.18. The monoisotopic (exact) mass is 249 g/mol. The van der Waals surface area contributed by atoms with E-state index in [0.29, 0.717) is 11.6 Å². The van der Waals surface area contributed by atoms with E-state index in [0.717, 1.165) is 25.2 Å². The summed E-state index contributed by atoms with van der Waals surface area (Å²) in [5.41, 5.74) is 7.42. The number of hydrogen-bond donors (Lipinski definition) is 1. The zero-order valence-corrected chi connectivity index (χ0v) is 10.6. The van der Waals surface area contributed by atoms with Crippen LogP contribution in [0.3, 0.4) is 0 Å². The van der Waals surface area contributed by atoms with Crippen LogP contribution >= 0.6 is 0 Å². The first kappa shape index (κ1) is 12.7. The maximum Gasteiger partial charge on any atom is 0.271 e. The number of nitro benzene ring substituents is 1. The summed E-state index contributed by atoms with van der Waals surface area (Å²) in [5.74, 6) is 0.702. The van der Waals surface area contributed by atoms with Gasteiger partial charge in [-0.1, -0.05) is 13.3 Å². The second-order valence-electron chi connectivity index (χ2n) is 4.86. The summed E-state index contributed by atoms with van der Waals surface area (Å²) in [7, 11) is 0. The van der Waals surface area contributed by atoms with Gasteiger partial charge in [0.2, 0.25) is 0 Å². The Kier molecular flexibility index (Phi) is 3.69. The summed E-state index contributed by atoms with van der Waals surface area (Å²) in [5, 5.41) is 10.7. The van der Waals surface area contributed by atoms with E-state index in [2.05, 4.69) is 11.8 Å². The quantitative estimate of drug-likeness (QED) is 0.508. The molecule has 1 saturated heterocycles. The van der Waals surface area contributed by atoms with E-state index in [-0.39, 0.29) is 5.69 Å². The summed E-state index contributed by atoms with van der Waals surface area (Å²) >= 11 is 0. The molecule has 1 aromatic carbocycles. The Bertz CT molecular complexity index is 448. The molecule has 1 atom stereocenters. The van der Waals surface area contributed by atoms with Crippen LogP contribution in [0.1, 0.15) is 26.2 Å². The van der Waals surface area contributed by atoms with Gasteiger partial charge in [0.1, 0.15) is 0 Å². The topological polar surface area (TPSA) is 72.4 Å². The van der Waals surface area contributed by atoms with Crippen LogP contribution in [0, 0.1) is 16.0 Å². The molecule has 2 rings (SSSR count). The standard InChI is InChI=1S/C13H19N3O2/c1-2-10-4-3-7-15(9-10)13-6-5-11(16(17)18)8-12(13)14/h5-6,8,10H,2-4,7,9,14H2,1H3. The molecule has 0 saturated carbocycles. The van der Waals surface area contributed by atoms with Gasteiger partial charge >= 0.3 is 0 Å². The highest BCUT2D eigenvalue weighted by Gasteiger charge is 2.21. The largest absolute Gasteiger partial charge is 0.397 e. The molecule has 18 heavy (non-hydrogen) atoms. The summed E-state index contributed by atoms with van der Waals surface area (Å²) in [4.78, 5) is 12.5. The fourth-order valence-corrected chi connectivity index (χ4v) is 2.56. The van der Waals surface area contributed by atoms with E-state index in [1.807, 2.05) is 0 Å². The van der Waals surface area contributed by atoms with Crippen LogP contribution in [0.4, 0.5) is 17.1 Å². The number of nitrogens with two attached hydrogens (primary N) is 1. The molecule has 5 heteroatoms. The summed E-state index contributed by atoms with van der Waals surface area (Å²) < 4.78 is 0. The van der Waals surface area contributed by atoms with Crippen LogP contribution in [-0.2, 0) is 0 Å². The smallest absolute Gasteiger partial charge is 0.271 e. The Hall–Kier alpha value is -1.78. The minimum absolute atomic E-state index is 0.0558. The highest BCUT2D eigenvalue weighted by atomic mass is 16.6. The Morgan fingerprint density at radius 1 is 1.56 bits per heavy atom. The molecular weight excluding hydrogens is 230 g/mol. The van der Waals surface area contributed by atoms with Crippen LogP contribution in [0.15, 0.2) is 18.2 Å². The molecule has 1 aliphatic heterocycles. The van der Waals surface area contributed by atoms with E-state index in [9.17, 15) is 10.1 Å². The average molecular weight is 249 g/mol. The van der Waals surface area contributed by atoms with Crippen LogP contribution in [0.2, 0.25) is 0 Å². The summed E-state index contributed by atoms with van der Waals surface area (Å²) in [6.07, 6.45) is 3.60. The van der Waals surface area contributed by atoms with Crippen LogP contribution in [-0.4, -0.2) is 18.0 Å². The van der Waals surface area contributed by atoms with E-state index in [4.69, 9.17) is 5.73 Å². The van der Waals surface area contributed by atoms with Crippen molar-refractivity contribution in [3.8, 4) is 0 Å². The Labute approximate surface area is 107 Å². The maximum absolute atomic E-state index is 10.7. The third kappa shape index (κ3) is 2.55. The molecule has 1 aliphatic rings. The molecule has 0 amide bonds. The Balaban J connectivity index is 2.20. The second kappa shape index (κ2) is 5.25. The number of nitrogens with zero attached hydrogens (tertiary/aromatic N) is 2. The highest BCUT2D eigenvalue weighted by Crippen LogP contribution is 2.31. The normalized spacial score (nSPS) is 19.8. The Morgan fingerprint density at radius 2 is 2.33 bits per heavy atom. The first-order valence-corrected chi connectivity index (χ1v) is 6.40. The molecule has 2 N–H and O–H groups in total. The van der Waals surface area contributed by atoms with E-state index >= 15 is 0 Å². The van der Waals surface area contributed by atoms with Crippen molar-refractivity contribution in [2.24, 2.45) is 5.92 Å². The van der Waals surface area contributed by atoms with Crippen molar-refractivity contribution in [2.75, 3.05) is 23.7 Å². The zero-order chi connectivity index (χ0) is 13.1. The molecule has 0 aliphatic carbocycles. The van der Waals surface area contributed by atoms with E-state index < -0.39 is 4.92 Å². The van der Waals surface area contributed by atoms with Gasteiger partial charge in [0.15, 0.2) is 0 Å². The SMILES string of the molecule is CCC1CCCN(c2ccc([N+](=O)[O-])cc2N)C1.